The number of benzene rings is 2. The molecule has 0 spiro atoms. The molecular formula is C26H27N5O3. The summed E-state index contributed by atoms with van der Waals surface area (Å²) < 4.78 is 12.9. The Morgan fingerprint density at radius 1 is 1.00 bits per heavy atom. The Morgan fingerprint density at radius 2 is 1.71 bits per heavy atom. The number of methoxy groups -OCH3 is 1. The molecule has 4 aromatic rings. The van der Waals surface area contributed by atoms with E-state index in [1.54, 1.807) is 7.11 Å². The van der Waals surface area contributed by atoms with E-state index >= 15 is 0 Å². The average Bonchev–Trinajstić information content (AvgIpc) is 3.59. The van der Waals surface area contributed by atoms with Gasteiger partial charge in [0.05, 0.1) is 7.11 Å². The van der Waals surface area contributed by atoms with Gasteiger partial charge in [-0.15, -0.1) is 0 Å². The second kappa shape index (κ2) is 9.84. The zero-order valence-electron chi connectivity index (χ0n) is 19.1. The molecule has 0 saturated carbocycles. The van der Waals surface area contributed by atoms with E-state index in [4.69, 9.17) is 9.15 Å². The third-order valence-corrected chi connectivity index (χ3v) is 5.96. The number of oxazole rings is 1. The highest BCUT2D eigenvalue weighted by atomic mass is 16.5. The van der Waals surface area contributed by atoms with E-state index in [0.29, 0.717) is 11.7 Å². The first-order valence-electron chi connectivity index (χ1n) is 11.3. The molecule has 2 aromatic carbocycles. The monoisotopic (exact) mass is 457 g/mol. The molecule has 2 aromatic heterocycles. The lowest BCUT2D eigenvalue weighted by atomic mass is 10.2. The molecule has 8 heteroatoms. The highest BCUT2D eigenvalue weighted by molar-refractivity contribution is 6.02. The van der Waals surface area contributed by atoms with Gasteiger partial charge in [0.1, 0.15) is 12.0 Å². The maximum Gasteiger partial charge on any atom is 0.298 e. The van der Waals surface area contributed by atoms with Gasteiger partial charge in [0.2, 0.25) is 0 Å². The van der Waals surface area contributed by atoms with Crippen molar-refractivity contribution in [2.24, 2.45) is 0 Å². The number of rotatable bonds is 7. The van der Waals surface area contributed by atoms with Crippen LogP contribution in [0.3, 0.4) is 0 Å². The normalized spacial score (nSPS) is 14.2. The molecule has 1 fully saturated rings. The highest BCUT2D eigenvalue weighted by Gasteiger charge is 2.22. The number of hydrogen-bond donors (Lipinski definition) is 1. The fraction of sp³-hybridized carbons (Fsp3) is 0.231. The molecule has 0 atom stereocenters. The Labute approximate surface area is 198 Å². The summed E-state index contributed by atoms with van der Waals surface area (Å²) in [5, 5.41) is 2.88. The molecule has 0 radical (unpaired) electrons. The molecule has 174 valence electrons. The molecule has 34 heavy (non-hydrogen) atoms. The van der Waals surface area contributed by atoms with Gasteiger partial charge in [-0.2, -0.15) is 4.98 Å². The number of carbonyl (C=O) groups is 1. The zero-order chi connectivity index (χ0) is 23.3. The van der Waals surface area contributed by atoms with Crippen molar-refractivity contribution in [2.75, 3.05) is 43.5 Å². The van der Waals surface area contributed by atoms with E-state index in [-0.39, 0.29) is 11.6 Å². The summed E-state index contributed by atoms with van der Waals surface area (Å²) in [6.07, 6.45) is 5.37. The first-order valence-corrected chi connectivity index (χ1v) is 11.3. The van der Waals surface area contributed by atoms with E-state index in [9.17, 15) is 4.79 Å². The molecule has 3 heterocycles. The van der Waals surface area contributed by atoms with E-state index in [1.807, 2.05) is 65.5 Å². The highest BCUT2D eigenvalue weighted by Crippen LogP contribution is 2.20. The van der Waals surface area contributed by atoms with Crippen LogP contribution in [-0.2, 0) is 6.54 Å². The number of nitrogens with one attached hydrogen (secondary N) is 1. The van der Waals surface area contributed by atoms with Crippen LogP contribution in [0.1, 0.15) is 16.1 Å². The Bertz CT molecular complexity index is 1210. The summed E-state index contributed by atoms with van der Waals surface area (Å²) in [4.78, 5) is 21.5. The SMILES string of the molecule is COc1ccc(CN2CCN(c3nc(C(=O)Nc4ccc(-n5cccc5)cc4)co3)CC2)cc1. The molecule has 0 aliphatic carbocycles. The fourth-order valence-electron chi connectivity index (χ4n) is 4.02. The van der Waals surface area contributed by atoms with Crippen molar-refractivity contribution >= 4 is 17.6 Å². The Kier molecular flexibility index (Phi) is 6.31. The van der Waals surface area contributed by atoms with Gasteiger partial charge in [-0.3, -0.25) is 9.69 Å². The van der Waals surface area contributed by atoms with Gasteiger partial charge in [0, 0.05) is 56.5 Å². The zero-order valence-corrected chi connectivity index (χ0v) is 19.1. The van der Waals surface area contributed by atoms with Gasteiger partial charge < -0.3 is 23.9 Å². The van der Waals surface area contributed by atoms with Crippen molar-refractivity contribution in [3.05, 3.63) is 90.6 Å². The van der Waals surface area contributed by atoms with Gasteiger partial charge in [-0.25, -0.2) is 0 Å². The molecule has 8 nitrogen and oxygen atoms in total. The molecule has 1 N–H and O–H groups in total. The summed E-state index contributed by atoms with van der Waals surface area (Å²) in [6, 6.07) is 20.2. The third-order valence-electron chi connectivity index (χ3n) is 5.96. The third kappa shape index (κ3) is 4.97. The van der Waals surface area contributed by atoms with Crippen LogP contribution < -0.4 is 15.0 Å². The minimum Gasteiger partial charge on any atom is -0.497 e. The summed E-state index contributed by atoms with van der Waals surface area (Å²) in [7, 11) is 1.68. The van der Waals surface area contributed by atoms with Crippen molar-refractivity contribution in [3.8, 4) is 11.4 Å². The average molecular weight is 458 g/mol. The molecule has 0 unspecified atom stereocenters. The maximum absolute atomic E-state index is 12.7. The topological polar surface area (TPSA) is 75.8 Å². The summed E-state index contributed by atoms with van der Waals surface area (Å²) >= 11 is 0. The Hall–Kier alpha value is -4.04. The van der Waals surface area contributed by atoms with Crippen LogP contribution in [-0.4, -0.2) is 53.6 Å². The maximum atomic E-state index is 12.7. The second-order valence-corrected chi connectivity index (χ2v) is 8.22. The number of anilines is 2. The standard InChI is InChI=1S/C26H27N5O3/c1-33-23-10-4-20(5-11-23)18-29-14-16-31(17-15-29)26-28-24(19-34-26)25(32)27-21-6-8-22(9-7-21)30-12-2-3-13-30/h2-13,19H,14-18H2,1H3,(H,27,32). The second-order valence-electron chi connectivity index (χ2n) is 8.22. The van der Waals surface area contributed by atoms with Gasteiger partial charge in [-0.1, -0.05) is 12.1 Å². The van der Waals surface area contributed by atoms with Gasteiger partial charge >= 0.3 is 0 Å². The number of carbonyl (C=O) groups excluding carboxylic acids is 1. The first-order chi connectivity index (χ1) is 16.7. The van der Waals surface area contributed by atoms with E-state index in [1.165, 1.54) is 11.8 Å². The van der Waals surface area contributed by atoms with Crippen molar-refractivity contribution in [2.45, 2.75) is 6.54 Å². The van der Waals surface area contributed by atoms with E-state index in [0.717, 1.165) is 44.2 Å². The van der Waals surface area contributed by atoms with Crippen LogP contribution in [0.5, 0.6) is 5.75 Å². The molecule has 5 rings (SSSR count). The van der Waals surface area contributed by atoms with E-state index < -0.39 is 0 Å². The molecule has 1 saturated heterocycles. The first kappa shape index (κ1) is 21.8. The predicted octanol–water partition coefficient (Wildman–Crippen LogP) is 4.05. The quantitative estimate of drug-likeness (QED) is 0.451. The predicted molar refractivity (Wildman–Crippen MR) is 131 cm³/mol. The summed E-state index contributed by atoms with van der Waals surface area (Å²) in [6.45, 7) is 4.25. The van der Waals surface area contributed by atoms with Crippen molar-refractivity contribution in [1.82, 2.24) is 14.5 Å². The van der Waals surface area contributed by atoms with Gasteiger partial charge in [0.25, 0.3) is 11.9 Å². The lowest BCUT2D eigenvalue weighted by Crippen LogP contribution is -2.46. The van der Waals surface area contributed by atoms with Crippen molar-refractivity contribution in [3.63, 3.8) is 0 Å². The number of aromatic nitrogens is 2. The van der Waals surface area contributed by atoms with Gasteiger partial charge in [0.15, 0.2) is 5.69 Å². The van der Waals surface area contributed by atoms with Crippen molar-refractivity contribution in [1.29, 1.82) is 0 Å². The summed E-state index contributed by atoms with van der Waals surface area (Å²) in [5.74, 6) is 0.577. The lowest BCUT2D eigenvalue weighted by molar-refractivity contribution is 0.102. The number of hydrogen-bond acceptors (Lipinski definition) is 6. The number of amides is 1. The van der Waals surface area contributed by atoms with Crippen LogP contribution in [0.15, 0.2) is 83.7 Å². The minimum atomic E-state index is -0.290. The van der Waals surface area contributed by atoms with Crippen molar-refractivity contribution < 1.29 is 13.9 Å². The molecular weight excluding hydrogens is 430 g/mol. The Morgan fingerprint density at radius 3 is 2.38 bits per heavy atom. The smallest absolute Gasteiger partial charge is 0.298 e. The molecule has 1 amide bonds. The largest absolute Gasteiger partial charge is 0.497 e. The molecule has 1 aliphatic heterocycles. The number of nitrogens with zero attached hydrogens (tertiary/aromatic N) is 4. The van der Waals surface area contributed by atoms with Crippen LogP contribution in [0.4, 0.5) is 11.7 Å². The number of piperazine rings is 1. The molecule has 1 aliphatic rings. The summed E-state index contributed by atoms with van der Waals surface area (Å²) in [5.41, 5.74) is 3.26. The van der Waals surface area contributed by atoms with Crippen LogP contribution in [0, 0.1) is 0 Å². The minimum absolute atomic E-state index is 0.269. The fourth-order valence-corrected chi connectivity index (χ4v) is 4.02. The van der Waals surface area contributed by atoms with Crippen LogP contribution in [0.25, 0.3) is 5.69 Å². The Balaban J connectivity index is 1.14. The molecule has 0 bridgehead atoms. The van der Waals surface area contributed by atoms with E-state index in [2.05, 4.69) is 32.2 Å². The van der Waals surface area contributed by atoms with Crippen LogP contribution in [0.2, 0.25) is 0 Å². The lowest BCUT2D eigenvalue weighted by Gasteiger charge is -2.33. The van der Waals surface area contributed by atoms with Gasteiger partial charge in [-0.05, 0) is 54.1 Å². The van der Waals surface area contributed by atoms with Crippen LogP contribution >= 0.6 is 0 Å². The number of ether oxygens (including phenoxy) is 1.